The van der Waals surface area contributed by atoms with E-state index in [2.05, 4.69) is 49.2 Å². The second kappa shape index (κ2) is 8.18. The average Bonchev–Trinajstić information content (AvgIpc) is 2.48. The zero-order valence-corrected chi connectivity index (χ0v) is 13.8. The molecule has 1 N–H and O–H groups in total. The summed E-state index contributed by atoms with van der Waals surface area (Å²) in [5, 5.41) is 3.50. The van der Waals surface area contributed by atoms with Gasteiger partial charge in [0.1, 0.15) is 5.82 Å². The topological polar surface area (TPSA) is 28.2 Å². The van der Waals surface area contributed by atoms with Crippen LogP contribution in [-0.2, 0) is 13.0 Å². The third-order valence-corrected chi connectivity index (χ3v) is 3.95. The van der Waals surface area contributed by atoms with Crippen LogP contribution < -0.4 is 10.2 Å². The molecular formula is C18H29N3. The Bertz CT molecular complexity index is 479. The lowest BCUT2D eigenvalue weighted by molar-refractivity contribution is 0.672. The largest absolute Gasteiger partial charge is 0.353 e. The van der Waals surface area contributed by atoms with Crippen molar-refractivity contribution in [1.29, 1.82) is 0 Å². The molecule has 3 heteroatoms. The van der Waals surface area contributed by atoms with Gasteiger partial charge in [-0.25, -0.2) is 4.98 Å². The van der Waals surface area contributed by atoms with Crippen LogP contribution in [0.5, 0.6) is 0 Å². The van der Waals surface area contributed by atoms with Crippen LogP contribution in [0.25, 0.3) is 0 Å². The van der Waals surface area contributed by atoms with Gasteiger partial charge in [0, 0.05) is 25.3 Å². The summed E-state index contributed by atoms with van der Waals surface area (Å²) in [5.41, 5.74) is 4.10. The number of hydrogen-bond donors (Lipinski definition) is 1. The normalized spacial score (nSPS) is 15.2. The maximum Gasteiger partial charge on any atom is 0.129 e. The molecule has 0 radical (unpaired) electrons. The van der Waals surface area contributed by atoms with E-state index in [-0.39, 0.29) is 0 Å². The van der Waals surface area contributed by atoms with Gasteiger partial charge in [0.2, 0.25) is 0 Å². The van der Waals surface area contributed by atoms with E-state index in [1.165, 1.54) is 23.3 Å². The summed E-state index contributed by atoms with van der Waals surface area (Å²) in [6.07, 6.45) is 6.88. The lowest BCUT2D eigenvalue weighted by atomic mass is 10.1. The van der Waals surface area contributed by atoms with E-state index in [1.807, 2.05) is 0 Å². The molecule has 0 bridgehead atoms. The molecule has 0 aromatic carbocycles. The van der Waals surface area contributed by atoms with Gasteiger partial charge in [0.25, 0.3) is 0 Å². The standard InChI is InChI=1S/C18H29N3/c1-4-6-17-12-16(14-19-9-5-2)13-18(20-17)21-10-7-15(3)8-11-21/h7,12-13,19H,4-6,8-11,14H2,1-3H3. The van der Waals surface area contributed by atoms with Gasteiger partial charge in [-0.05, 0) is 50.4 Å². The fourth-order valence-electron chi connectivity index (χ4n) is 2.67. The van der Waals surface area contributed by atoms with Crippen molar-refractivity contribution in [2.75, 3.05) is 24.5 Å². The zero-order chi connectivity index (χ0) is 15.1. The second-order valence-corrected chi connectivity index (χ2v) is 6.00. The van der Waals surface area contributed by atoms with Gasteiger partial charge in [-0.2, -0.15) is 0 Å². The molecule has 0 aliphatic carbocycles. The monoisotopic (exact) mass is 287 g/mol. The van der Waals surface area contributed by atoms with Crippen LogP contribution in [0.4, 0.5) is 5.82 Å². The van der Waals surface area contributed by atoms with Crippen LogP contribution in [0.15, 0.2) is 23.8 Å². The predicted molar refractivity (Wildman–Crippen MR) is 90.8 cm³/mol. The van der Waals surface area contributed by atoms with Crippen molar-refractivity contribution < 1.29 is 0 Å². The molecule has 1 aromatic heterocycles. The summed E-state index contributed by atoms with van der Waals surface area (Å²) < 4.78 is 0. The molecule has 1 aliphatic heterocycles. The first-order valence-electron chi connectivity index (χ1n) is 8.34. The molecule has 0 atom stereocenters. The van der Waals surface area contributed by atoms with Crippen LogP contribution in [0, 0.1) is 0 Å². The van der Waals surface area contributed by atoms with Crippen LogP contribution in [0.3, 0.4) is 0 Å². The molecule has 3 nitrogen and oxygen atoms in total. The number of aryl methyl sites for hydroxylation is 1. The summed E-state index contributed by atoms with van der Waals surface area (Å²) in [6, 6.07) is 4.52. The first-order chi connectivity index (χ1) is 10.2. The Balaban J connectivity index is 2.14. The quantitative estimate of drug-likeness (QED) is 0.612. The van der Waals surface area contributed by atoms with Gasteiger partial charge < -0.3 is 10.2 Å². The summed E-state index contributed by atoms with van der Waals surface area (Å²) in [4.78, 5) is 7.27. The van der Waals surface area contributed by atoms with Crippen LogP contribution in [0.2, 0.25) is 0 Å². The molecule has 2 heterocycles. The summed E-state index contributed by atoms with van der Waals surface area (Å²) in [5.74, 6) is 1.15. The van der Waals surface area contributed by atoms with E-state index in [9.17, 15) is 0 Å². The lowest BCUT2D eigenvalue weighted by Gasteiger charge is -2.27. The second-order valence-electron chi connectivity index (χ2n) is 6.00. The Kier molecular flexibility index (Phi) is 6.24. The smallest absolute Gasteiger partial charge is 0.129 e. The Labute approximate surface area is 129 Å². The maximum absolute atomic E-state index is 4.87. The molecule has 0 unspecified atom stereocenters. The van der Waals surface area contributed by atoms with Gasteiger partial charge in [-0.3, -0.25) is 0 Å². The Morgan fingerprint density at radius 1 is 1.24 bits per heavy atom. The van der Waals surface area contributed by atoms with Crippen molar-refractivity contribution in [1.82, 2.24) is 10.3 Å². The number of nitrogens with one attached hydrogen (secondary N) is 1. The van der Waals surface area contributed by atoms with Crippen LogP contribution in [-0.4, -0.2) is 24.6 Å². The molecule has 1 aromatic rings. The molecule has 0 saturated carbocycles. The molecule has 116 valence electrons. The minimum Gasteiger partial charge on any atom is -0.353 e. The highest BCUT2D eigenvalue weighted by atomic mass is 15.2. The molecule has 2 rings (SSSR count). The van der Waals surface area contributed by atoms with Crippen molar-refractivity contribution >= 4 is 5.82 Å². The Hall–Kier alpha value is -1.35. The van der Waals surface area contributed by atoms with Gasteiger partial charge in [0.05, 0.1) is 0 Å². The van der Waals surface area contributed by atoms with Crippen LogP contribution in [0.1, 0.15) is 51.3 Å². The van der Waals surface area contributed by atoms with Crippen molar-refractivity contribution in [2.24, 2.45) is 0 Å². The Morgan fingerprint density at radius 3 is 2.76 bits per heavy atom. The highest BCUT2D eigenvalue weighted by Crippen LogP contribution is 2.20. The first-order valence-corrected chi connectivity index (χ1v) is 8.34. The fourth-order valence-corrected chi connectivity index (χ4v) is 2.67. The van der Waals surface area contributed by atoms with Crippen molar-refractivity contribution in [3.05, 3.63) is 35.0 Å². The molecule has 21 heavy (non-hydrogen) atoms. The molecule has 0 saturated heterocycles. The average molecular weight is 287 g/mol. The minimum atomic E-state index is 0.947. The summed E-state index contributed by atoms with van der Waals surface area (Å²) in [7, 11) is 0. The number of nitrogens with zero attached hydrogens (tertiary/aromatic N) is 2. The fraction of sp³-hybridized carbons (Fsp3) is 0.611. The number of pyridine rings is 1. The summed E-state index contributed by atoms with van der Waals surface area (Å²) in [6.45, 7) is 10.8. The lowest BCUT2D eigenvalue weighted by Crippen LogP contribution is -2.29. The summed E-state index contributed by atoms with van der Waals surface area (Å²) >= 11 is 0. The predicted octanol–water partition coefficient (Wildman–Crippen LogP) is 3.69. The highest BCUT2D eigenvalue weighted by molar-refractivity contribution is 5.45. The molecule has 0 amide bonds. The van der Waals surface area contributed by atoms with Crippen molar-refractivity contribution in [3.63, 3.8) is 0 Å². The SMILES string of the molecule is CCCNCc1cc(CCC)nc(N2CC=C(C)CC2)c1. The van der Waals surface area contributed by atoms with E-state index in [1.54, 1.807) is 0 Å². The van der Waals surface area contributed by atoms with E-state index in [0.29, 0.717) is 0 Å². The van der Waals surface area contributed by atoms with E-state index >= 15 is 0 Å². The number of hydrogen-bond acceptors (Lipinski definition) is 3. The van der Waals surface area contributed by atoms with Gasteiger partial charge in [-0.1, -0.05) is 31.9 Å². The van der Waals surface area contributed by atoms with Gasteiger partial charge in [-0.15, -0.1) is 0 Å². The third kappa shape index (κ3) is 4.85. The molecule has 0 spiro atoms. The number of aromatic nitrogens is 1. The van der Waals surface area contributed by atoms with E-state index in [4.69, 9.17) is 4.98 Å². The maximum atomic E-state index is 4.87. The van der Waals surface area contributed by atoms with E-state index < -0.39 is 0 Å². The zero-order valence-electron chi connectivity index (χ0n) is 13.8. The first kappa shape index (κ1) is 16.0. The molecular weight excluding hydrogens is 258 g/mol. The highest BCUT2D eigenvalue weighted by Gasteiger charge is 2.13. The van der Waals surface area contributed by atoms with Crippen molar-refractivity contribution in [3.8, 4) is 0 Å². The molecule has 1 aliphatic rings. The van der Waals surface area contributed by atoms with Gasteiger partial charge >= 0.3 is 0 Å². The number of rotatable bonds is 7. The molecule has 0 fully saturated rings. The Morgan fingerprint density at radius 2 is 2.10 bits per heavy atom. The number of anilines is 1. The van der Waals surface area contributed by atoms with Crippen molar-refractivity contribution in [2.45, 2.75) is 53.0 Å². The van der Waals surface area contributed by atoms with E-state index in [0.717, 1.165) is 51.3 Å². The van der Waals surface area contributed by atoms with Crippen LogP contribution >= 0.6 is 0 Å². The minimum absolute atomic E-state index is 0.947. The van der Waals surface area contributed by atoms with Gasteiger partial charge in [0.15, 0.2) is 0 Å². The third-order valence-electron chi connectivity index (χ3n) is 3.95.